The zero-order valence-electron chi connectivity index (χ0n) is 6.93. The molecule has 1 N–H and O–H groups in total. The van der Waals surface area contributed by atoms with Crippen LogP contribution in [0, 0.1) is 0 Å². The van der Waals surface area contributed by atoms with Crippen LogP contribution in [0.5, 0.6) is 0 Å². The number of carbonyl (C=O) groups excluding carboxylic acids is 1. The van der Waals surface area contributed by atoms with E-state index in [-0.39, 0.29) is 12.2 Å². The minimum atomic E-state index is -0.0769. The summed E-state index contributed by atoms with van der Waals surface area (Å²) in [5.74, 6) is -0.0769. The zero-order chi connectivity index (χ0) is 8.10. The van der Waals surface area contributed by atoms with Crippen LogP contribution < -0.4 is 5.32 Å². The van der Waals surface area contributed by atoms with Crippen molar-refractivity contribution in [3.05, 3.63) is 0 Å². The summed E-state index contributed by atoms with van der Waals surface area (Å²) >= 11 is 0. The van der Waals surface area contributed by atoms with Crippen molar-refractivity contribution in [2.75, 3.05) is 6.54 Å². The van der Waals surface area contributed by atoms with Crippen molar-refractivity contribution in [3.63, 3.8) is 0 Å². The maximum absolute atomic E-state index is 10.9. The van der Waals surface area contributed by atoms with Crippen molar-refractivity contribution in [2.45, 2.75) is 38.8 Å². The second-order valence-corrected chi connectivity index (χ2v) is 2.82. The van der Waals surface area contributed by atoms with E-state index in [4.69, 9.17) is 4.74 Å². The summed E-state index contributed by atoms with van der Waals surface area (Å²) < 4.78 is 5.10. The predicted octanol–water partition coefficient (Wildman–Crippen LogP) is 1.04. The average molecular weight is 157 g/mol. The van der Waals surface area contributed by atoms with Crippen LogP contribution in [0.3, 0.4) is 0 Å². The lowest BCUT2D eigenvalue weighted by molar-refractivity contribution is -0.149. The molecular formula is C8H15NO2. The Kier molecular flexibility index (Phi) is 3.36. The van der Waals surface area contributed by atoms with Gasteiger partial charge < -0.3 is 4.74 Å². The molecule has 64 valence electrons. The Labute approximate surface area is 67.1 Å². The van der Waals surface area contributed by atoms with E-state index in [1.807, 2.05) is 6.92 Å². The SMILES string of the molecule is CCCC(=O)O[C@H]1CCCN1. The Balaban J connectivity index is 2.13. The van der Waals surface area contributed by atoms with Crippen molar-refractivity contribution in [1.82, 2.24) is 5.32 Å². The second kappa shape index (κ2) is 4.34. The highest BCUT2D eigenvalue weighted by molar-refractivity contribution is 5.69. The molecule has 0 spiro atoms. The standard InChI is InChI=1S/C8H15NO2/c1-2-4-8(10)11-7-5-3-6-9-7/h7,9H,2-6H2,1H3/t7-/m0/s1. The van der Waals surface area contributed by atoms with E-state index in [2.05, 4.69) is 5.32 Å². The smallest absolute Gasteiger partial charge is 0.307 e. The number of carbonyl (C=O) groups is 1. The minimum absolute atomic E-state index is 0.00551. The van der Waals surface area contributed by atoms with E-state index in [9.17, 15) is 4.79 Å². The van der Waals surface area contributed by atoms with Gasteiger partial charge in [-0.3, -0.25) is 10.1 Å². The lowest BCUT2D eigenvalue weighted by Gasteiger charge is -2.10. The fourth-order valence-corrected chi connectivity index (χ4v) is 1.17. The van der Waals surface area contributed by atoms with Gasteiger partial charge in [-0.25, -0.2) is 0 Å². The highest BCUT2D eigenvalue weighted by Gasteiger charge is 2.17. The normalized spacial score (nSPS) is 23.5. The molecule has 1 fully saturated rings. The number of hydrogen-bond acceptors (Lipinski definition) is 3. The number of esters is 1. The van der Waals surface area contributed by atoms with Crippen LogP contribution in [0.2, 0.25) is 0 Å². The molecule has 0 amide bonds. The number of nitrogens with one attached hydrogen (secondary N) is 1. The number of ether oxygens (including phenoxy) is 1. The van der Waals surface area contributed by atoms with Gasteiger partial charge in [0.05, 0.1) is 0 Å². The van der Waals surface area contributed by atoms with Gasteiger partial charge in [-0.2, -0.15) is 0 Å². The molecule has 3 nitrogen and oxygen atoms in total. The Hall–Kier alpha value is -0.570. The van der Waals surface area contributed by atoms with Crippen LogP contribution in [0.25, 0.3) is 0 Å². The monoisotopic (exact) mass is 157 g/mol. The number of hydrogen-bond donors (Lipinski definition) is 1. The van der Waals surface area contributed by atoms with Crippen molar-refractivity contribution < 1.29 is 9.53 Å². The molecule has 1 rings (SSSR count). The van der Waals surface area contributed by atoms with Gasteiger partial charge in [-0.15, -0.1) is 0 Å². The predicted molar refractivity (Wildman–Crippen MR) is 42.0 cm³/mol. The molecule has 0 saturated carbocycles. The highest BCUT2D eigenvalue weighted by Crippen LogP contribution is 2.07. The summed E-state index contributed by atoms with van der Waals surface area (Å²) in [6.07, 6.45) is 3.48. The Morgan fingerprint density at radius 2 is 2.55 bits per heavy atom. The third-order valence-corrected chi connectivity index (χ3v) is 1.74. The third kappa shape index (κ3) is 2.89. The Morgan fingerprint density at radius 3 is 3.09 bits per heavy atom. The van der Waals surface area contributed by atoms with Gasteiger partial charge in [0.25, 0.3) is 0 Å². The van der Waals surface area contributed by atoms with Gasteiger partial charge in [0.1, 0.15) is 0 Å². The third-order valence-electron chi connectivity index (χ3n) is 1.74. The van der Waals surface area contributed by atoms with Crippen molar-refractivity contribution in [3.8, 4) is 0 Å². The first-order valence-electron chi connectivity index (χ1n) is 4.26. The first-order chi connectivity index (χ1) is 5.33. The molecule has 0 aromatic heterocycles. The molecule has 1 aliphatic heterocycles. The van der Waals surface area contributed by atoms with Gasteiger partial charge in [-0.05, 0) is 25.8 Å². The van der Waals surface area contributed by atoms with Gasteiger partial charge in [0, 0.05) is 6.42 Å². The quantitative estimate of drug-likeness (QED) is 0.622. The van der Waals surface area contributed by atoms with Gasteiger partial charge >= 0.3 is 5.97 Å². The lowest BCUT2D eigenvalue weighted by Crippen LogP contribution is -2.27. The van der Waals surface area contributed by atoms with Crippen molar-refractivity contribution >= 4 is 5.97 Å². The first-order valence-corrected chi connectivity index (χ1v) is 4.26. The summed E-state index contributed by atoms with van der Waals surface area (Å²) in [5, 5.41) is 3.10. The zero-order valence-corrected chi connectivity index (χ0v) is 6.93. The van der Waals surface area contributed by atoms with Crippen LogP contribution in [-0.4, -0.2) is 18.7 Å². The van der Waals surface area contributed by atoms with E-state index in [1.54, 1.807) is 0 Å². The summed E-state index contributed by atoms with van der Waals surface area (Å²) in [4.78, 5) is 10.9. The minimum Gasteiger partial charge on any atom is -0.447 e. The molecule has 0 aliphatic carbocycles. The van der Waals surface area contributed by atoms with Gasteiger partial charge in [0.2, 0.25) is 0 Å². The van der Waals surface area contributed by atoms with Crippen LogP contribution in [0.1, 0.15) is 32.6 Å². The van der Waals surface area contributed by atoms with E-state index >= 15 is 0 Å². The molecule has 0 radical (unpaired) electrons. The second-order valence-electron chi connectivity index (χ2n) is 2.82. The van der Waals surface area contributed by atoms with Crippen LogP contribution in [-0.2, 0) is 9.53 Å². The van der Waals surface area contributed by atoms with E-state index < -0.39 is 0 Å². The van der Waals surface area contributed by atoms with E-state index in [1.165, 1.54) is 0 Å². The highest BCUT2D eigenvalue weighted by atomic mass is 16.6. The average Bonchev–Trinajstić information content (AvgIpc) is 2.40. The maximum Gasteiger partial charge on any atom is 0.307 e. The Bertz CT molecular complexity index is 130. The fraction of sp³-hybridized carbons (Fsp3) is 0.875. The topological polar surface area (TPSA) is 38.3 Å². The fourth-order valence-electron chi connectivity index (χ4n) is 1.17. The summed E-state index contributed by atoms with van der Waals surface area (Å²) in [6, 6.07) is 0. The van der Waals surface area contributed by atoms with E-state index in [0.717, 1.165) is 25.8 Å². The summed E-state index contributed by atoms with van der Waals surface area (Å²) in [6.45, 7) is 2.95. The molecule has 1 atom stereocenters. The molecule has 1 saturated heterocycles. The Morgan fingerprint density at radius 1 is 1.73 bits per heavy atom. The first kappa shape index (κ1) is 8.53. The van der Waals surface area contributed by atoms with Crippen LogP contribution >= 0.6 is 0 Å². The molecule has 1 heterocycles. The van der Waals surface area contributed by atoms with E-state index in [0.29, 0.717) is 6.42 Å². The maximum atomic E-state index is 10.9. The van der Waals surface area contributed by atoms with Gasteiger partial charge in [0.15, 0.2) is 6.23 Å². The number of rotatable bonds is 3. The summed E-state index contributed by atoms with van der Waals surface area (Å²) in [7, 11) is 0. The molecule has 1 aliphatic rings. The molecule has 0 bridgehead atoms. The molecule has 3 heteroatoms. The summed E-state index contributed by atoms with van der Waals surface area (Å²) in [5.41, 5.74) is 0. The largest absolute Gasteiger partial charge is 0.447 e. The molecule has 0 unspecified atom stereocenters. The van der Waals surface area contributed by atoms with Crippen LogP contribution in [0.4, 0.5) is 0 Å². The van der Waals surface area contributed by atoms with Crippen LogP contribution in [0.15, 0.2) is 0 Å². The molecule has 0 aromatic rings. The molecule has 0 aromatic carbocycles. The molecular weight excluding hydrogens is 142 g/mol. The van der Waals surface area contributed by atoms with Crippen molar-refractivity contribution in [1.29, 1.82) is 0 Å². The van der Waals surface area contributed by atoms with Crippen molar-refractivity contribution in [2.24, 2.45) is 0 Å². The van der Waals surface area contributed by atoms with Gasteiger partial charge in [-0.1, -0.05) is 6.92 Å². The lowest BCUT2D eigenvalue weighted by atomic mass is 10.3. The molecule has 11 heavy (non-hydrogen) atoms.